The lowest BCUT2D eigenvalue weighted by Gasteiger charge is -2.35. The van der Waals surface area contributed by atoms with E-state index in [0.717, 1.165) is 37.3 Å². The molecule has 1 aliphatic rings. The van der Waals surface area contributed by atoms with E-state index in [1.165, 1.54) is 11.3 Å². The number of nitrogens with zero attached hydrogens (tertiary/aromatic N) is 3. The van der Waals surface area contributed by atoms with Gasteiger partial charge >= 0.3 is 0 Å². The zero-order chi connectivity index (χ0) is 16.1. The number of anilines is 1. The SMILES string of the molecule is CN1CCN(c2ccc(-c3cccnc3)cc2CC=C=O)CC1. The van der Waals surface area contributed by atoms with Gasteiger partial charge in [0.1, 0.15) is 5.94 Å². The average molecular weight is 307 g/mol. The van der Waals surface area contributed by atoms with Crippen LogP contribution in [0.4, 0.5) is 5.69 Å². The van der Waals surface area contributed by atoms with Crippen molar-refractivity contribution in [1.29, 1.82) is 0 Å². The Labute approximate surface area is 137 Å². The second kappa shape index (κ2) is 7.23. The van der Waals surface area contributed by atoms with Crippen LogP contribution in [0.15, 0.2) is 48.8 Å². The summed E-state index contributed by atoms with van der Waals surface area (Å²) in [4.78, 5) is 19.6. The monoisotopic (exact) mass is 307 g/mol. The summed E-state index contributed by atoms with van der Waals surface area (Å²) in [7, 11) is 2.15. The molecule has 4 heteroatoms. The first-order valence-electron chi connectivity index (χ1n) is 7.94. The van der Waals surface area contributed by atoms with E-state index in [1.807, 2.05) is 18.2 Å². The molecular formula is C19H21N3O. The highest BCUT2D eigenvalue weighted by Gasteiger charge is 2.17. The maximum absolute atomic E-state index is 10.7. The van der Waals surface area contributed by atoms with Crippen molar-refractivity contribution >= 4 is 11.6 Å². The molecule has 1 saturated heterocycles. The Bertz CT molecular complexity index is 700. The maximum Gasteiger partial charge on any atom is 0.120 e. The van der Waals surface area contributed by atoms with E-state index in [0.29, 0.717) is 6.42 Å². The van der Waals surface area contributed by atoms with Crippen LogP contribution in [0.3, 0.4) is 0 Å². The number of carbonyl (C=O) groups excluding carboxylic acids is 1. The first kappa shape index (κ1) is 15.5. The van der Waals surface area contributed by atoms with Gasteiger partial charge in [0, 0.05) is 56.8 Å². The summed E-state index contributed by atoms with van der Waals surface area (Å²) in [6.45, 7) is 4.15. The number of aromatic nitrogens is 1. The summed E-state index contributed by atoms with van der Waals surface area (Å²) in [5.74, 6) is 1.90. The summed E-state index contributed by atoms with van der Waals surface area (Å²) in [6.07, 6.45) is 5.81. The van der Waals surface area contributed by atoms with E-state index >= 15 is 0 Å². The minimum atomic E-state index is 0.610. The highest BCUT2D eigenvalue weighted by atomic mass is 16.1. The Balaban J connectivity index is 1.94. The predicted molar refractivity (Wildman–Crippen MR) is 93.4 cm³/mol. The third-order valence-electron chi connectivity index (χ3n) is 4.32. The Morgan fingerprint density at radius 1 is 1.17 bits per heavy atom. The van der Waals surface area contributed by atoms with Crippen LogP contribution in [0.1, 0.15) is 5.56 Å². The van der Waals surface area contributed by atoms with Crippen molar-refractivity contribution in [2.45, 2.75) is 6.42 Å². The topological polar surface area (TPSA) is 36.4 Å². The largest absolute Gasteiger partial charge is 0.369 e. The van der Waals surface area contributed by atoms with Crippen molar-refractivity contribution in [3.63, 3.8) is 0 Å². The molecule has 1 aromatic heterocycles. The van der Waals surface area contributed by atoms with Gasteiger partial charge in [-0.2, -0.15) is 0 Å². The highest BCUT2D eigenvalue weighted by molar-refractivity contribution is 5.69. The molecule has 1 aliphatic heterocycles. The molecule has 4 nitrogen and oxygen atoms in total. The first-order valence-corrected chi connectivity index (χ1v) is 7.94. The number of likely N-dealkylation sites (N-methyl/N-ethyl adjacent to an activating group) is 1. The Morgan fingerprint density at radius 2 is 2.00 bits per heavy atom. The molecule has 0 atom stereocenters. The Kier molecular flexibility index (Phi) is 4.86. The van der Waals surface area contributed by atoms with Gasteiger partial charge in [0.05, 0.1) is 0 Å². The van der Waals surface area contributed by atoms with Gasteiger partial charge in [0.2, 0.25) is 0 Å². The van der Waals surface area contributed by atoms with Gasteiger partial charge in [-0.1, -0.05) is 12.1 Å². The molecule has 2 aromatic rings. The van der Waals surface area contributed by atoms with Gasteiger partial charge in [-0.25, -0.2) is 4.79 Å². The minimum absolute atomic E-state index is 0.610. The quantitative estimate of drug-likeness (QED) is 0.813. The molecule has 0 saturated carbocycles. The standard InChI is InChI=1S/C19H21N3O/c1-21-9-11-22(12-10-21)19-7-6-16(14-17(19)5-3-13-23)18-4-2-8-20-15-18/h2-4,6-8,14-15H,5,9-12H2,1H3. The van der Waals surface area contributed by atoms with Crippen LogP contribution in [0.2, 0.25) is 0 Å². The van der Waals surface area contributed by atoms with Crippen molar-refractivity contribution in [2.75, 3.05) is 38.1 Å². The molecule has 0 amide bonds. The van der Waals surface area contributed by atoms with Crippen molar-refractivity contribution in [2.24, 2.45) is 0 Å². The molecule has 0 radical (unpaired) electrons. The number of pyridine rings is 1. The first-order chi connectivity index (χ1) is 11.3. The highest BCUT2D eigenvalue weighted by Crippen LogP contribution is 2.28. The zero-order valence-electron chi connectivity index (χ0n) is 13.4. The average Bonchev–Trinajstić information content (AvgIpc) is 2.61. The van der Waals surface area contributed by atoms with Crippen LogP contribution in [-0.2, 0) is 11.2 Å². The van der Waals surface area contributed by atoms with E-state index < -0.39 is 0 Å². The van der Waals surface area contributed by atoms with E-state index in [-0.39, 0.29) is 0 Å². The summed E-state index contributed by atoms with van der Waals surface area (Å²) < 4.78 is 0. The van der Waals surface area contributed by atoms with Gasteiger partial charge in [0.25, 0.3) is 0 Å². The third-order valence-corrected chi connectivity index (χ3v) is 4.32. The molecule has 3 rings (SSSR count). The molecule has 0 aliphatic carbocycles. The van der Waals surface area contributed by atoms with Gasteiger partial charge < -0.3 is 9.80 Å². The van der Waals surface area contributed by atoms with E-state index in [9.17, 15) is 4.79 Å². The van der Waals surface area contributed by atoms with Gasteiger partial charge in [-0.05, 0) is 41.9 Å². The number of piperazine rings is 1. The van der Waals surface area contributed by atoms with Gasteiger partial charge in [0.15, 0.2) is 0 Å². The molecule has 1 aromatic carbocycles. The van der Waals surface area contributed by atoms with Crippen molar-refractivity contribution in [3.8, 4) is 11.1 Å². The summed E-state index contributed by atoms with van der Waals surface area (Å²) >= 11 is 0. The second-order valence-electron chi connectivity index (χ2n) is 5.90. The number of rotatable bonds is 4. The lowest BCUT2D eigenvalue weighted by molar-refractivity contribution is 0.312. The fourth-order valence-corrected chi connectivity index (χ4v) is 2.97. The molecule has 0 unspecified atom stereocenters. The van der Waals surface area contributed by atoms with E-state index in [1.54, 1.807) is 12.3 Å². The normalized spacial score (nSPS) is 15.3. The molecule has 0 bridgehead atoms. The van der Waals surface area contributed by atoms with Crippen LogP contribution >= 0.6 is 0 Å². The fraction of sp³-hybridized carbons (Fsp3) is 0.316. The molecule has 0 spiro atoms. The van der Waals surface area contributed by atoms with Gasteiger partial charge in [-0.3, -0.25) is 4.98 Å². The number of allylic oxidation sites excluding steroid dienone is 1. The third kappa shape index (κ3) is 3.67. The fourth-order valence-electron chi connectivity index (χ4n) is 2.97. The molecule has 0 N–H and O–H groups in total. The summed E-state index contributed by atoms with van der Waals surface area (Å²) in [5.41, 5.74) is 4.61. The predicted octanol–water partition coefficient (Wildman–Crippen LogP) is 2.43. The van der Waals surface area contributed by atoms with Crippen molar-refractivity contribution < 1.29 is 4.79 Å². The zero-order valence-corrected chi connectivity index (χ0v) is 13.4. The van der Waals surface area contributed by atoms with Crippen LogP contribution < -0.4 is 4.90 Å². The van der Waals surface area contributed by atoms with Crippen LogP contribution in [-0.4, -0.2) is 49.1 Å². The lowest BCUT2D eigenvalue weighted by atomic mass is 10.0. The molecular weight excluding hydrogens is 286 g/mol. The van der Waals surface area contributed by atoms with Gasteiger partial charge in [-0.15, -0.1) is 0 Å². The maximum atomic E-state index is 10.7. The van der Waals surface area contributed by atoms with Crippen LogP contribution in [0.25, 0.3) is 11.1 Å². The minimum Gasteiger partial charge on any atom is -0.369 e. The molecule has 2 heterocycles. The van der Waals surface area contributed by atoms with Crippen molar-refractivity contribution in [1.82, 2.24) is 9.88 Å². The number of hydrogen-bond acceptors (Lipinski definition) is 4. The number of benzene rings is 1. The second-order valence-corrected chi connectivity index (χ2v) is 5.90. The molecule has 23 heavy (non-hydrogen) atoms. The van der Waals surface area contributed by atoms with Crippen LogP contribution in [0.5, 0.6) is 0 Å². The number of hydrogen-bond donors (Lipinski definition) is 0. The van der Waals surface area contributed by atoms with E-state index in [2.05, 4.69) is 46.1 Å². The lowest BCUT2D eigenvalue weighted by Crippen LogP contribution is -2.44. The Hall–Kier alpha value is -2.42. The molecule has 1 fully saturated rings. The smallest absolute Gasteiger partial charge is 0.120 e. The van der Waals surface area contributed by atoms with Crippen LogP contribution in [0, 0.1) is 0 Å². The van der Waals surface area contributed by atoms with Crippen molar-refractivity contribution in [3.05, 3.63) is 54.4 Å². The molecule has 118 valence electrons. The summed E-state index contributed by atoms with van der Waals surface area (Å²) in [5, 5.41) is 0. The summed E-state index contributed by atoms with van der Waals surface area (Å²) in [6, 6.07) is 10.5. The Morgan fingerprint density at radius 3 is 2.70 bits per heavy atom. The van der Waals surface area contributed by atoms with E-state index in [4.69, 9.17) is 0 Å².